The van der Waals surface area contributed by atoms with Gasteiger partial charge in [0.2, 0.25) is 5.91 Å². The van der Waals surface area contributed by atoms with Gasteiger partial charge in [-0.1, -0.05) is 19.8 Å². The fraction of sp³-hybridized carbons (Fsp3) is 0.882. The third kappa shape index (κ3) is 6.48. The van der Waals surface area contributed by atoms with Gasteiger partial charge in [-0.25, -0.2) is 4.79 Å². The Hall–Kier alpha value is -1.01. The zero-order valence-electron chi connectivity index (χ0n) is 15.0. The lowest BCUT2D eigenvalue weighted by molar-refractivity contribution is -0.126. The number of amides is 3. The molecule has 2 aliphatic rings. The van der Waals surface area contributed by atoms with E-state index in [1.165, 1.54) is 12.8 Å². The fourth-order valence-corrected chi connectivity index (χ4v) is 3.53. The number of halogens is 1. The van der Waals surface area contributed by atoms with Crippen molar-refractivity contribution in [1.29, 1.82) is 0 Å². The molecule has 7 heteroatoms. The molecule has 0 aromatic rings. The SMILES string of the molecule is CCN[C@H](C)CNC(=O)C1CCCN(C(=O)NC2CCCC2)C1.Cl. The van der Waals surface area contributed by atoms with Crippen LogP contribution >= 0.6 is 12.4 Å². The highest BCUT2D eigenvalue weighted by molar-refractivity contribution is 5.85. The van der Waals surface area contributed by atoms with Crippen LogP contribution < -0.4 is 16.0 Å². The third-order valence-electron chi connectivity index (χ3n) is 4.90. The number of likely N-dealkylation sites (tertiary alicyclic amines) is 1. The summed E-state index contributed by atoms with van der Waals surface area (Å²) >= 11 is 0. The van der Waals surface area contributed by atoms with Gasteiger partial charge in [0, 0.05) is 31.7 Å². The number of urea groups is 1. The Labute approximate surface area is 151 Å². The van der Waals surface area contributed by atoms with E-state index in [1.54, 1.807) is 0 Å². The van der Waals surface area contributed by atoms with Gasteiger partial charge in [-0.15, -0.1) is 12.4 Å². The van der Waals surface area contributed by atoms with E-state index in [9.17, 15) is 9.59 Å². The van der Waals surface area contributed by atoms with Crippen LogP contribution in [-0.2, 0) is 4.79 Å². The molecule has 1 aliphatic heterocycles. The molecule has 0 aromatic carbocycles. The first-order valence-corrected chi connectivity index (χ1v) is 9.16. The second-order valence-electron chi connectivity index (χ2n) is 6.92. The van der Waals surface area contributed by atoms with E-state index in [-0.39, 0.29) is 36.3 Å². The molecular formula is C17H33ClN4O2. The Morgan fingerprint density at radius 1 is 1.17 bits per heavy atom. The molecule has 6 nitrogen and oxygen atoms in total. The first kappa shape index (κ1) is 21.0. The normalized spacial score (nSPS) is 22.6. The lowest BCUT2D eigenvalue weighted by Crippen LogP contribution is -2.51. The minimum atomic E-state index is -0.0769. The predicted molar refractivity (Wildman–Crippen MR) is 98.5 cm³/mol. The molecule has 1 saturated heterocycles. The molecule has 3 N–H and O–H groups in total. The first-order valence-electron chi connectivity index (χ1n) is 9.16. The maximum Gasteiger partial charge on any atom is 0.317 e. The van der Waals surface area contributed by atoms with Crippen LogP contribution in [0.25, 0.3) is 0 Å². The van der Waals surface area contributed by atoms with Gasteiger partial charge in [0.15, 0.2) is 0 Å². The van der Waals surface area contributed by atoms with E-state index in [1.807, 2.05) is 4.90 Å². The van der Waals surface area contributed by atoms with E-state index in [0.29, 0.717) is 19.1 Å². The minimum Gasteiger partial charge on any atom is -0.354 e. The van der Waals surface area contributed by atoms with Crippen molar-refractivity contribution in [1.82, 2.24) is 20.9 Å². The van der Waals surface area contributed by atoms with Gasteiger partial charge in [-0.05, 0) is 39.2 Å². The van der Waals surface area contributed by atoms with Crippen LogP contribution in [0.2, 0.25) is 0 Å². The number of nitrogens with zero attached hydrogens (tertiary/aromatic N) is 1. The summed E-state index contributed by atoms with van der Waals surface area (Å²) in [5, 5.41) is 9.41. The molecular weight excluding hydrogens is 328 g/mol. The molecule has 1 saturated carbocycles. The Morgan fingerprint density at radius 3 is 2.54 bits per heavy atom. The van der Waals surface area contributed by atoms with E-state index < -0.39 is 0 Å². The van der Waals surface area contributed by atoms with Crippen LogP contribution in [0.3, 0.4) is 0 Å². The van der Waals surface area contributed by atoms with Crippen molar-refractivity contribution in [2.75, 3.05) is 26.2 Å². The zero-order chi connectivity index (χ0) is 16.7. The van der Waals surface area contributed by atoms with Crippen molar-refractivity contribution in [2.45, 2.75) is 64.5 Å². The van der Waals surface area contributed by atoms with Crippen molar-refractivity contribution in [2.24, 2.45) is 5.92 Å². The molecule has 2 rings (SSSR count). The van der Waals surface area contributed by atoms with Crippen molar-refractivity contribution in [3.8, 4) is 0 Å². The molecule has 1 aliphatic carbocycles. The molecule has 24 heavy (non-hydrogen) atoms. The molecule has 2 fully saturated rings. The number of carbonyl (C=O) groups is 2. The summed E-state index contributed by atoms with van der Waals surface area (Å²) in [6.45, 7) is 6.95. The highest BCUT2D eigenvalue weighted by Gasteiger charge is 2.29. The molecule has 1 unspecified atom stereocenters. The van der Waals surface area contributed by atoms with E-state index in [4.69, 9.17) is 0 Å². The van der Waals surface area contributed by atoms with Gasteiger partial charge in [0.1, 0.15) is 0 Å². The molecule has 0 aromatic heterocycles. The monoisotopic (exact) mass is 360 g/mol. The summed E-state index contributed by atoms with van der Waals surface area (Å²) in [6.07, 6.45) is 6.37. The Balaban J connectivity index is 0.00000288. The number of carbonyl (C=O) groups excluding carboxylic acids is 2. The van der Waals surface area contributed by atoms with Crippen LogP contribution in [0.5, 0.6) is 0 Å². The minimum absolute atomic E-state index is 0. The Bertz CT molecular complexity index is 402. The van der Waals surface area contributed by atoms with Gasteiger partial charge in [0.25, 0.3) is 0 Å². The van der Waals surface area contributed by atoms with Crippen LogP contribution in [-0.4, -0.2) is 55.1 Å². The largest absolute Gasteiger partial charge is 0.354 e. The molecule has 0 spiro atoms. The number of likely N-dealkylation sites (N-methyl/N-ethyl adjacent to an activating group) is 1. The maximum absolute atomic E-state index is 12.3. The summed E-state index contributed by atoms with van der Waals surface area (Å²) in [7, 11) is 0. The fourth-order valence-electron chi connectivity index (χ4n) is 3.53. The molecule has 1 heterocycles. The van der Waals surface area contributed by atoms with Crippen molar-refractivity contribution < 1.29 is 9.59 Å². The van der Waals surface area contributed by atoms with E-state index >= 15 is 0 Å². The van der Waals surface area contributed by atoms with Gasteiger partial charge < -0.3 is 20.9 Å². The quantitative estimate of drug-likeness (QED) is 0.677. The summed E-state index contributed by atoms with van der Waals surface area (Å²) in [4.78, 5) is 26.5. The molecule has 3 amide bonds. The van der Waals surface area contributed by atoms with E-state index in [2.05, 4.69) is 29.8 Å². The van der Waals surface area contributed by atoms with Crippen LogP contribution in [0.15, 0.2) is 0 Å². The highest BCUT2D eigenvalue weighted by atomic mass is 35.5. The number of piperidine rings is 1. The second kappa shape index (κ2) is 10.8. The Morgan fingerprint density at radius 2 is 1.88 bits per heavy atom. The number of hydrogen-bond donors (Lipinski definition) is 3. The van der Waals surface area contributed by atoms with Crippen LogP contribution in [0.4, 0.5) is 4.79 Å². The summed E-state index contributed by atoms with van der Waals surface area (Å²) in [5.74, 6) is 0.0000223. The number of nitrogens with one attached hydrogen (secondary N) is 3. The number of hydrogen-bond acceptors (Lipinski definition) is 3. The van der Waals surface area contributed by atoms with Crippen LogP contribution in [0.1, 0.15) is 52.4 Å². The molecule has 0 bridgehead atoms. The molecule has 140 valence electrons. The van der Waals surface area contributed by atoms with Gasteiger partial charge in [0.05, 0.1) is 5.92 Å². The predicted octanol–water partition coefficient (Wildman–Crippen LogP) is 1.89. The topological polar surface area (TPSA) is 73.5 Å². The standard InChI is InChI=1S/C17H32N4O2.ClH/c1-3-18-13(2)11-19-16(22)14-7-6-10-21(12-14)17(23)20-15-8-4-5-9-15;/h13-15,18H,3-12H2,1-2H3,(H,19,22)(H,20,23);1H/t13-,14?;/m1./s1. The second-order valence-corrected chi connectivity index (χ2v) is 6.92. The van der Waals surface area contributed by atoms with Gasteiger partial charge in [-0.2, -0.15) is 0 Å². The van der Waals surface area contributed by atoms with Crippen LogP contribution in [0, 0.1) is 5.92 Å². The first-order chi connectivity index (χ1) is 11.1. The highest BCUT2D eigenvalue weighted by Crippen LogP contribution is 2.20. The zero-order valence-corrected chi connectivity index (χ0v) is 15.8. The van der Waals surface area contributed by atoms with Crippen molar-refractivity contribution in [3.63, 3.8) is 0 Å². The third-order valence-corrected chi connectivity index (χ3v) is 4.90. The number of rotatable bonds is 6. The van der Waals surface area contributed by atoms with Crippen molar-refractivity contribution >= 4 is 24.3 Å². The Kier molecular flexibility index (Phi) is 9.44. The summed E-state index contributed by atoms with van der Waals surface area (Å²) in [6, 6.07) is 0.613. The molecule has 0 radical (unpaired) electrons. The van der Waals surface area contributed by atoms with Crippen molar-refractivity contribution in [3.05, 3.63) is 0 Å². The van der Waals surface area contributed by atoms with E-state index in [0.717, 1.165) is 38.8 Å². The smallest absolute Gasteiger partial charge is 0.317 e. The van der Waals surface area contributed by atoms with Gasteiger partial charge in [-0.3, -0.25) is 4.79 Å². The lowest BCUT2D eigenvalue weighted by Gasteiger charge is -2.33. The summed E-state index contributed by atoms with van der Waals surface area (Å²) in [5.41, 5.74) is 0. The lowest BCUT2D eigenvalue weighted by atomic mass is 9.97. The average molecular weight is 361 g/mol. The maximum atomic E-state index is 12.3. The van der Waals surface area contributed by atoms with Gasteiger partial charge >= 0.3 is 6.03 Å². The molecule has 2 atom stereocenters. The average Bonchev–Trinajstić information content (AvgIpc) is 3.06. The summed E-state index contributed by atoms with van der Waals surface area (Å²) < 4.78 is 0.